The van der Waals surface area contributed by atoms with Gasteiger partial charge >= 0.3 is 11.9 Å². The standard InChI is InChI=1S/C20H31N5O6S/c1-13(26)31-11-14-12-32-19-16(18(28)25(19)17(14)20(29)30)21-15(27)10-24-8-6-22(2)4-5-23(3)7-9-24/h16,19H,4-12H2,1-3H3,(H,21,27)(H,29,30)/t16-,19-/m1/s1. The average Bonchev–Trinajstić information content (AvgIpc) is 2.81. The van der Waals surface area contributed by atoms with Gasteiger partial charge in [-0.15, -0.1) is 11.8 Å². The van der Waals surface area contributed by atoms with Crippen LogP contribution < -0.4 is 5.32 Å². The fraction of sp³-hybridized carbons (Fsp3) is 0.700. The summed E-state index contributed by atoms with van der Waals surface area (Å²) < 4.78 is 4.93. The molecule has 12 heteroatoms. The summed E-state index contributed by atoms with van der Waals surface area (Å²) >= 11 is 1.35. The lowest BCUT2D eigenvalue weighted by molar-refractivity contribution is -0.151. The van der Waals surface area contributed by atoms with Crippen molar-refractivity contribution in [2.45, 2.75) is 18.3 Å². The molecule has 0 bridgehead atoms. The van der Waals surface area contributed by atoms with Gasteiger partial charge in [-0.25, -0.2) is 4.79 Å². The van der Waals surface area contributed by atoms with E-state index in [0.29, 0.717) is 11.3 Å². The molecule has 32 heavy (non-hydrogen) atoms. The van der Waals surface area contributed by atoms with Gasteiger partial charge in [0.2, 0.25) is 5.91 Å². The summed E-state index contributed by atoms with van der Waals surface area (Å²) in [6.07, 6.45) is 0. The van der Waals surface area contributed by atoms with Crippen LogP contribution in [-0.4, -0.2) is 132 Å². The third-order valence-electron chi connectivity index (χ3n) is 5.84. The second-order valence-corrected chi connectivity index (χ2v) is 9.48. The molecule has 0 radical (unpaired) electrons. The zero-order valence-corrected chi connectivity index (χ0v) is 19.5. The molecule has 3 rings (SSSR count). The topological polar surface area (TPSA) is 123 Å². The number of carboxylic acid groups (broad SMARTS) is 1. The van der Waals surface area contributed by atoms with E-state index in [1.54, 1.807) is 0 Å². The van der Waals surface area contributed by atoms with Crippen molar-refractivity contribution in [2.75, 3.05) is 72.3 Å². The van der Waals surface area contributed by atoms with Gasteiger partial charge in [0.25, 0.3) is 5.91 Å². The van der Waals surface area contributed by atoms with Gasteiger partial charge in [-0.1, -0.05) is 0 Å². The van der Waals surface area contributed by atoms with Crippen LogP contribution in [0.1, 0.15) is 6.92 Å². The maximum atomic E-state index is 12.7. The lowest BCUT2D eigenvalue weighted by Gasteiger charge is -2.49. The zero-order valence-electron chi connectivity index (χ0n) is 18.7. The normalized spacial score (nSPS) is 25.8. The summed E-state index contributed by atoms with van der Waals surface area (Å²) in [6, 6.07) is -0.764. The molecule has 3 aliphatic rings. The van der Waals surface area contributed by atoms with Crippen LogP contribution in [0.5, 0.6) is 0 Å². The Balaban J connectivity index is 1.60. The molecule has 3 aliphatic heterocycles. The Hall–Kier alpha value is -2.15. The minimum absolute atomic E-state index is 0.156. The van der Waals surface area contributed by atoms with Crippen molar-refractivity contribution in [3.63, 3.8) is 0 Å². The number of β-lactam (4-membered cyclic amide) rings is 1. The average molecular weight is 470 g/mol. The molecule has 178 valence electrons. The van der Waals surface area contributed by atoms with Crippen molar-refractivity contribution in [3.05, 3.63) is 11.3 Å². The molecular formula is C20H31N5O6S. The van der Waals surface area contributed by atoms with Crippen LogP contribution in [0.2, 0.25) is 0 Å². The number of ether oxygens (including phenoxy) is 1. The molecule has 3 heterocycles. The van der Waals surface area contributed by atoms with Crippen LogP contribution in [0.4, 0.5) is 0 Å². The number of esters is 1. The van der Waals surface area contributed by atoms with Crippen LogP contribution in [-0.2, 0) is 23.9 Å². The van der Waals surface area contributed by atoms with Crippen molar-refractivity contribution >= 4 is 35.5 Å². The highest BCUT2D eigenvalue weighted by molar-refractivity contribution is 8.00. The van der Waals surface area contributed by atoms with Crippen molar-refractivity contribution in [1.82, 2.24) is 24.9 Å². The van der Waals surface area contributed by atoms with Gasteiger partial charge in [-0.05, 0) is 14.1 Å². The number of aliphatic carboxylic acids is 1. The molecule has 2 saturated heterocycles. The minimum Gasteiger partial charge on any atom is -0.477 e. The van der Waals surface area contributed by atoms with Gasteiger partial charge in [0, 0.05) is 57.5 Å². The van der Waals surface area contributed by atoms with Gasteiger partial charge < -0.3 is 25.0 Å². The fourth-order valence-electron chi connectivity index (χ4n) is 3.86. The molecule has 0 aromatic carbocycles. The lowest BCUT2D eigenvalue weighted by Crippen LogP contribution is -2.71. The molecular weight excluding hydrogens is 438 g/mol. The molecule has 2 N–H and O–H groups in total. The van der Waals surface area contributed by atoms with E-state index in [2.05, 4.69) is 34.1 Å². The first-order chi connectivity index (χ1) is 15.2. The van der Waals surface area contributed by atoms with Crippen LogP contribution in [0.3, 0.4) is 0 Å². The summed E-state index contributed by atoms with van der Waals surface area (Å²) in [6.45, 7) is 6.42. The number of amides is 2. The molecule has 0 unspecified atom stereocenters. The number of carbonyl (C=O) groups is 4. The predicted molar refractivity (Wildman–Crippen MR) is 118 cm³/mol. The maximum absolute atomic E-state index is 12.7. The van der Waals surface area contributed by atoms with E-state index in [0.717, 1.165) is 39.3 Å². The molecule has 0 aromatic rings. The highest BCUT2D eigenvalue weighted by Gasteiger charge is 2.54. The van der Waals surface area contributed by atoms with E-state index in [1.165, 1.54) is 23.6 Å². The molecule has 11 nitrogen and oxygen atoms in total. The van der Waals surface area contributed by atoms with E-state index in [4.69, 9.17) is 4.74 Å². The minimum atomic E-state index is -1.25. The Bertz CT molecular complexity index is 791. The summed E-state index contributed by atoms with van der Waals surface area (Å²) in [5.74, 6) is -2.18. The molecule has 0 aliphatic carbocycles. The van der Waals surface area contributed by atoms with Crippen molar-refractivity contribution in [1.29, 1.82) is 0 Å². The van der Waals surface area contributed by atoms with Gasteiger partial charge in [-0.2, -0.15) is 0 Å². The molecule has 2 atom stereocenters. The molecule has 0 spiro atoms. The lowest BCUT2D eigenvalue weighted by atomic mass is 10.0. The predicted octanol–water partition coefficient (Wildman–Crippen LogP) is -1.53. The third-order valence-corrected chi connectivity index (χ3v) is 7.18. The van der Waals surface area contributed by atoms with E-state index in [9.17, 15) is 24.3 Å². The van der Waals surface area contributed by atoms with E-state index in [-0.39, 0.29) is 24.8 Å². The van der Waals surface area contributed by atoms with Gasteiger partial charge in [-0.3, -0.25) is 24.2 Å². The van der Waals surface area contributed by atoms with Crippen LogP contribution in [0.15, 0.2) is 11.3 Å². The second kappa shape index (κ2) is 10.6. The monoisotopic (exact) mass is 469 g/mol. The van der Waals surface area contributed by atoms with Crippen LogP contribution >= 0.6 is 11.8 Å². The number of rotatable bonds is 6. The highest BCUT2D eigenvalue weighted by atomic mass is 32.2. The van der Waals surface area contributed by atoms with Crippen molar-refractivity contribution < 1.29 is 29.0 Å². The first-order valence-corrected chi connectivity index (χ1v) is 11.6. The number of hydrogen-bond acceptors (Lipinski definition) is 9. The first-order valence-electron chi connectivity index (χ1n) is 10.6. The Morgan fingerprint density at radius 1 is 1.09 bits per heavy atom. The number of thioether (sulfide) groups is 1. The van der Waals surface area contributed by atoms with E-state index in [1.807, 2.05) is 0 Å². The number of nitrogens with zero attached hydrogens (tertiary/aromatic N) is 4. The largest absolute Gasteiger partial charge is 0.477 e. The number of carboxylic acids is 1. The number of fused-ring (bicyclic) bond motifs is 1. The first kappa shape index (κ1) is 24.5. The number of nitrogens with one attached hydrogen (secondary N) is 1. The van der Waals surface area contributed by atoms with E-state index >= 15 is 0 Å². The Labute approximate surface area is 191 Å². The molecule has 0 saturated carbocycles. The molecule has 2 fully saturated rings. The SMILES string of the molecule is CC(=O)OCC1=C(C(=O)O)N2C(=O)[C@@H](NC(=O)CN3CCN(C)CCN(C)CC3)[C@H]2SC1. The second-order valence-electron chi connectivity index (χ2n) is 8.38. The number of hydrogen-bond donors (Lipinski definition) is 2. The Kier molecular flexibility index (Phi) is 8.15. The van der Waals surface area contributed by atoms with Crippen LogP contribution in [0.25, 0.3) is 0 Å². The van der Waals surface area contributed by atoms with Gasteiger partial charge in [0.05, 0.1) is 6.54 Å². The number of carbonyl (C=O) groups excluding carboxylic acids is 3. The maximum Gasteiger partial charge on any atom is 0.352 e. The van der Waals surface area contributed by atoms with Crippen molar-refractivity contribution in [2.24, 2.45) is 0 Å². The van der Waals surface area contributed by atoms with E-state index < -0.39 is 29.3 Å². The molecule has 0 aromatic heterocycles. The zero-order chi connectivity index (χ0) is 23.4. The summed E-state index contributed by atoms with van der Waals surface area (Å²) in [5.41, 5.74) is 0.216. The Morgan fingerprint density at radius 2 is 1.69 bits per heavy atom. The van der Waals surface area contributed by atoms with Crippen LogP contribution in [0, 0.1) is 0 Å². The smallest absolute Gasteiger partial charge is 0.352 e. The summed E-state index contributed by atoms with van der Waals surface area (Å²) in [7, 11) is 4.12. The fourth-order valence-corrected chi connectivity index (χ4v) is 5.19. The van der Waals surface area contributed by atoms with Gasteiger partial charge in [0.1, 0.15) is 23.7 Å². The Morgan fingerprint density at radius 3 is 2.25 bits per heavy atom. The molecule has 2 amide bonds. The number of likely N-dealkylation sites (N-methyl/N-ethyl adjacent to an activating group) is 2. The van der Waals surface area contributed by atoms with Gasteiger partial charge in [0.15, 0.2) is 0 Å². The summed E-state index contributed by atoms with van der Waals surface area (Å²) in [5, 5.41) is 11.9. The van der Waals surface area contributed by atoms with Crippen molar-refractivity contribution in [3.8, 4) is 0 Å². The quantitative estimate of drug-likeness (QED) is 0.350. The summed E-state index contributed by atoms with van der Waals surface area (Å²) in [4.78, 5) is 56.0. The third kappa shape index (κ3) is 5.80. The highest BCUT2D eigenvalue weighted by Crippen LogP contribution is 2.40.